The Labute approximate surface area is 159 Å². The number of unbranched alkanes of at least 4 members (excludes halogenated alkanes) is 1. The van der Waals surface area contributed by atoms with Crippen molar-refractivity contribution in [2.24, 2.45) is 0 Å². The number of rotatable bonds is 9. The molecule has 5 nitrogen and oxygen atoms in total. The van der Waals surface area contributed by atoms with Crippen LogP contribution in [0, 0.1) is 6.92 Å². The van der Waals surface area contributed by atoms with Gasteiger partial charge in [0.05, 0.1) is 5.69 Å². The summed E-state index contributed by atoms with van der Waals surface area (Å²) in [4.78, 5) is 12.0. The molecule has 0 saturated heterocycles. The van der Waals surface area contributed by atoms with Crippen molar-refractivity contribution in [1.29, 1.82) is 0 Å². The SMILES string of the molecule is CCCCn1nc(C)c(C=CC(=O)NCCCc2ccc(O)cc2)c1Cl. The second kappa shape index (κ2) is 10.0. The maximum absolute atomic E-state index is 12.0. The van der Waals surface area contributed by atoms with E-state index in [1.807, 2.05) is 19.1 Å². The Morgan fingerprint density at radius 2 is 2.04 bits per heavy atom. The van der Waals surface area contributed by atoms with E-state index in [1.54, 1.807) is 22.9 Å². The predicted molar refractivity (Wildman–Crippen MR) is 105 cm³/mol. The van der Waals surface area contributed by atoms with E-state index >= 15 is 0 Å². The van der Waals surface area contributed by atoms with Gasteiger partial charge in [0.15, 0.2) is 0 Å². The fourth-order valence-electron chi connectivity index (χ4n) is 2.60. The number of nitrogens with one attached hydrogen (secondary N) is 1. The average Bonchev–Trinajstić information content (AvgIpc) is 2.90. The molecule has 1 heterocycles. The lowest BCUT2D eigenvalue weighted by molar-refractivity contribution is -0.116. The van der Waals surface area contributed by atoms with Crippen molar-refractivity contribution in [2.45, 2.75) is 46.1 Å². The largest absolute Gasteiger partial charge is 0.508 e. The fraction of sp³-hybridized carbons (Fsp3) is 0.400. The third kappa shape index (κ3) is 5.92. The Hall–Kier alpha value is -2.27. The Bertz CT molecular complexity index is 751. The van der Waals surface area contributed by atoms with Crippen molar-refractivity contribution >= 4 is 23.6 Å². The molecule has 0 atom stereocenters. The Balaban J connectivity index is 1.80. The normalized spacial score (nSPS) is 11.2. The Morgan fingerprint density at radius 3 is 2.73 bits per heavy atom. The molecule has 0 saturated carbocycles. The molecule has 2 N–H and O–H groups in total. The molecule has 0 aliphatic carbocycles. The van der Waals surface area contributed by atoms with Gasteiger partial charge in [-0.2, -0.15) is 5.10 Å². The number of benzene rings is 1. The Kier molecular flexibility index (Phi) is 7.73. The minimum absolute atomic E-state index is 0.146. The van der Waals surface area contributed by atoms with Gasteiger partial charge in [-0.15, -0.1) is 0 Å². The van der Waals surface area contributed by atoms with E-state index in [4.69, 9.17) is 11.6 Å². The van der Waals surface area contributed by atoms with Gasteiger partial charge in [-0.1, -0.05) is 37.1 Å². The number of aromatic hydroxyl groups is 1. The van der Waals surface area contributed by atoms with E-state index in [1.165, 1.54) is 6.08 Å². The van der Waals surface area contributed by atoms with Gasteiger partial charge >= 0.3 is 0 Å². The van der Waals surface area contributed by atoms with Crippen LogP contribution in [0.5, 0.6) is 5.75 Å². The number of amides is 1. The van der Waals surface area contributed by atoms with Crippen molar-refractivity contribution in [3.05, 3.63) is 52.3 Å². The maximum atomic E-state index is 12.0. The molecule has 0 aliphatic heterocycles. The van der Waals surface area contributed by atoms with Crippen LogP contribution in [0.25, 0.3) is 6.08 Å². The number of carbonyl (C=O) groups excluding carboxylic acids is 1. The summed E-state index contributed by atoms with van der Waals surface area (Å²) in [5, 5.41) is 17.1. The van der Waals surface area contributed by atoms with Gasteiger partial charge in [0, 0.05) is 24.7 Å². The van der Waals surface area contributed by atoms with Crippen molar-refractivity contribution in [1.82, 2.24) is 15.1 Å². The summed E-state index contributed by atoms with van der Waals surface area (Å²) < 4.78 is 1.79. The monoisotopic (exact) mass is 375 g/mol. The summed E-state index contributed by atoms with van der Waals surface area (Å²) >= 11 is 6.35. The lowest BCUT2D eigenvalue weighted by Crippen LogP contribution is -2.22. The standard InChI is InChI=1S/C20H26ClN3O2/c1-3-4-14-24-20(21)18(15(2)23-24)11-12-19(26)22-13-5-6-16-7-9-17(25)10-8-16/h7-12,25H,3-6,13-14H2,1-2H3,(H,22,26). The molecule has 1 aromatic carbocycles. The number of aryl methyl sites for hydroxylation is 3. The fourth-order valence-corrected chi connectivity index (χ4v) is 2.92. The third-order valence-electron chi connectivity index (χ3n) is 4.11. The van der Waals surface area contributed by atoms with Crippen LogP contribution in [0.15, 0.2) is 30.3 Å². The van der Waals surface area contributed by atoms with Gasteiger partial charge in [0.1, 0.15) is 10.9 Å². The number of carbonyl (C=O) groups is 1. The first-order valence-electron chi connectivity index (χ1n) is 8.98. The minimum atomic E-state index is -0.146. The minimum Gasteiger partial charge on any atom is -0.508 e. The van der Waals surface area contributed by atoms with Crippen LogP contribution in [-0.4, -0.2) is 27.3 Å². The average molecular weight is 376 g/mol. The lowest BCUT2D eigenvalue weighted by atomic mass is 10.1. The second-order valence-corrected chi connectivity index (χ2v) is 6.62. The highest BCUT2D eigenvalue weighted by Crippen LogP contribution is 2.21. The highest BCUT2D eigenvalue weighted by molar-refractivity contribution is 6.31. The smallest absolute Gasteiger partial charge is 0.244 e. The molecule has 0 spiro atoms. The lowest BCUT2D eigenvalue weighted by Gasteiger charge is -2.03. The highest BCUT2D eigenvalue weighted by atomic mass is 35.5. The topological polar surface area (TPSA) is 67.2 Å². The van der Waals surface area contributed by atoms with Crippen LogP contribution in [0.1, 0.15) is 43.0 Å². The first kappa shape index (κ1) is 20.0. The molecule has 2 rings (SSSR count). The number of hydrogen-bond donors (Lipinski definition) is 2. The van der Waals surface area contributed by atoms with Crippen LogP contribution >= 0.6 is 11.6 Å². The van der Waals surface area contributed by atoms with Crippen molar-refractivity contribution in [2.75, 3.05) is 6.54 Å². The van der Waals surface area contributed by atoms with Gasteiger partial charge in [0.2, 0.25) is 5.91 Å². The van der Waals surface area contributed by atoms with E-state index < -0.39 is 0 Å². The van der Waals surface area contributed by atoms with Crippen molar-refractivity contribution in [3.8, 4) is 5.75 Å². The van der Waals surface area contributed by atoms with Gasteiger partial charge < -0.3 is 10.4 Å². The third-order valence-corrected chi connectivity index (χ3v) is 4.51. The second-order valence-electron chi connectivity index (χ2n) is 6.26. The predicted octanol–water partition coefficient (Wildman–Crippen LogP) is 4.11. The van der Waals surface area contributed by atoms with E-state index in [-0.39, 0.29) is 11.7 Å². The van der Waals surface area contributed by atoms with Gasteiger partial charge in [-0.25, -0.2) is 0 Å². The summed E-state index contributed by atoms with van der Waals surface area (Å²) in [6, 6.07) is 7.11. The number of aromatic nitrogens is 2. The van der Waals surface area contributed by atoms with Crippen LogP contribution in [0.2, 0.25) is 5.15 Å². The highest BCUT2D eigenvalue weighted by Gasteiger charge is 2.10. The molecule has 1 aromatic heterocycles. The molecular formula is C20H26ClN3O2. The summed E-state index contributed by atoms with van der Waals surface area (Å²) in [5.41, 5.74) is 2.75. The van der Waals surface area contributed by atoms with Crippen LogP contribution in [0.3, 0.4) is 0 Å². The van der Waals surface area contributed by atoms with Crippen molar-refractivity contribution < 1.29 is 9.90 Å². The molecule has 26 heavy (non-hydrogen) atoms. The van der Waals surface area contributed by atoms with Gasteiger partial charge in [0.25, 0.3) is 0 Å². The molecule has 0 unspecified atom stereocenters. The zero-order valence-electron chi connectivity index (χ0n) is 15.3. The molecule has 0 radical (unpaired) electrons. The number of phenolic OH excluding ortho intramolecular Hbond substituents is 1. The van der Waals surface area contributed by atoms with Crippen LogP contribution in [-0.2, 0) is 17.8 Å². The summed E-state index contributed by atoms with van der Waals surface area (Å²) in [6.07, 6.45) is 7.00. The molecule has 2 aromatic rings. The summed E-state index contributed by atoms with van der Waals surface area (Å²) in [5.74, 6) is 0.117. The van der Waals surface area contributed by atoms with E-state index in [0.29, 0.717) is 11.7 Å². The summed E-state index contributed by atoms with van der Waals surface area (Å²) in [7, 11) is 0. The number of hydrogen-bond acceptors (Lipinski definition) is 3. The van der Waals surface area contributed by atoms with Gasteiger partial charge in [-0.3, -0.25) is 9.48 Å². The zero-order valence-corrected chi connectivity index (χ0v) is 16.1. The first-order valence-corrected chi connectivity index (χ1v) is 9.35. The molecule has 0 bridgehead atoms. The molecule has 6 heteroatoms. The molecule has 1 amide bonds. The number of nitrogens with zero attached hydrogens (tertiary/aromatic N) is 2. The molecular weight excluding hydrogens is 350 g/mol. The van der Waals surface area contributed by atoms with Crippen LogP contribution in [0.4, 0.5) is 0 Å². The van der Waals surface area contributed by atoms with Gasteiger partial charge in [-0.05, 0) is 50.0 Å². The molecule has 140 valence electrons. The zero-order chi connectivity index (χ0) is 18.9. The molecule has 0 aliphatic rings. The Morgan fingerprint density at radius 1 is 1.31 bits per heavy atom. The van der Waals surface area contributed by atoms with E-state index in [9.17, 15) is 9.90 Å². The van der Waals surface area contributed by atoms with Crippen LogP contribution < -0.4 is 5.32 Å². The number of phenols is 1. The van der Waals surface area contributed by atoms with Crippen molar-refractivity contribution in [3.63, 3.8) is 0 Å². The van der Waals surface area contributed by atoms with E-state index in [0.717, 1.165) is 49.0 Å². The quantitative estimate of drug-likeness (QED) is 0.512. The first-order chi connectivity index (χ1) is 12.5. The number of halogens is 1. The van der Waals surface area contributed by atoms with E-state index in [2.05, 4.69) is 17.3 Å². The summed E-state index contributed by atoms with van der Waals surface area (Å²) in [6.45, 7) is 5.39. The molecule has 0 fully saturated rings. The maximum Gasteiger partial charge on any atom is 0.244 e.